The molecule has 1 saturated heterocycles. The van der Waals surface area contributed by atoms with Crippen molar-refractivity contribution in [2.45, 2.75) is 25.2 Å². The summed E-state index contributed by atoms with van der Waals surface area (Å²) in [4.78, 5) is 14.7. The lowest BCUT2D eigenvalue weighted by atomic mass is 10.0. The van der Waals surface area contributed by atoms with E-state index in [1.165, 1.54) is 12.1 Å². The summed E-state index contributed by atoms with van der Waals surface area (Å²) in [6.07, 6.45) is -3.21. The van der Waals surface area contributed by atoms with Crippen LogP contribution in [0.2, 0.25) is 0 Å². The van der Waals surface area contributed by atoms with Gasteiger partial charge in [0.2, 0.25) is 0 Å². The van der Waals surface area contributed by atoms with Crippen LogP contribution in [0.5, 0.6) is 11.5 Å². The van der Waals surface area contributed by atoms with Gasteiger partial charge in [0.25, 0.3) is 5.91 Å². The van der Waals surface area contributed by atoms with E-state index >= 15 is 0 Å². The van der Waals surface area contributed by atoms with Gasteiger partial charge in [-0.25, -0.2) is 0 Å². The van der Waals surface area contributed by atoms with Crippen molar-refractivity contribution in [2.75, 3.05) is 25.1 Å². The Morgan fingerprint density at radius 2 is 1.94 bits per heavy atom. The number of anilines is 1. The third kappa shape index (κ3) is 5.76. The van der Waals surface area contributed by atoms with Crippen LogP contribution in [-0.2, 0) is 0 Å². The molecule has 10 heteroatoms. The van der Waals surface area contributed by atoms with E-state index < -0.39 is 18.0 Å². The summed E-state index contributed by atoms with van der Waals surface area (Å²) in [5.74, 6) is 0.655. The molecule has 0 radical (unpaired) electrons. The minimum atomic E-state index is -4.81. The normalized spacial score (nSPS) is 16.4. The molecule has 0 spiro atoms. The Morgan fingerprint density at radius 3 is 2.67 bits per heavy atom. The van der Waals surface area contributed by atoms with Gasteiger partial charge in [0.05, 0.1) is 12.8 Å². The van der Waals surface area contributed by atoms with Gasteiger partial charge in [-0.05, 0) is 60.9 Å². The number of benzene rings is 2. The number of methoxy groups -OCH3 is 1. The predicted molar refractivity (Wildman–Crippen MR) is 116 cm³/mol. The number of nitrogens with zero attached hydrogens (tertiary/aromatic N) is 2. The first-order chi connectivity index (χ1) is 15.8. The van der Waals surface area contributed by atoms with Crippen molar-refractivity contribution in [1.29, 1.82) is 0 Å². The maximum absolute atomic E-state index is 12.6. The molecule has 0 saturated carbocycles. The number of hydrogen-bond donors (Lipinski definition) is 2. The van der Waals surface area contributed by atoms with Gasteiger partial charge in [-0.2, -0.15) is 5.10 Å². The second-order valence-corrected chi connectivity index (χ2v) is 7.70. The van der Waals surface area contributed by atoms with Crippen LogP contribution in [0.25, 0.3) is 11.3 Å². The number of ether oxygens (including phenoxy) is 2. The maximum atomic E-state index is 12.6. The summed E-state index contributed by atoms with van der Waals surface area (Å²) in [6.45, 7) is 1.32. The maximum Gasteiger partial charge on any atom is 0.573 e. The lowest BCUT2D eigenvalue weighted by Gasteiger charge is -2.33. The van der Waals surface area contributed by atoms with Crippen LogP contribution >= 0.6 is 0 Å². The number of piperidine rings is 1. The number of aromatic amines is 1. The van der Waals surface area contributed by atoms with Crippen LogP contribution in [-0.4, -0.2) is 48.7 Å². The van der Waals surface area contributed by atoms with E-state index in [4.69, 9.17) is 4.74 Å². The van der Waals surface area contributed by atoms with Crippen molar-refractivity contribution in [3.05, 3.63) is 60.2 Å². The van der Waals surface area contributed by atoms with Crippen molar-refractivity contribution in [1.82, 2.24) is 15.5 Å². The second-order valence-electron chi connectivity index (χ2n) is 7.70. The zero-order valence-electron chi connectivity index (χ0n) is 17.9. The molecule has 1 atom stereocenters. The average molecular weight is 460 g/mol. The van der Waals surface area contributed by atoms with Gasteiger partial charge >= 0.3 is 6.36 Å². The summed E-state index contributed by atoms with van der Waals surface area (Å²) in [6, 6.07) is 14.4. The minimum Gasteiger partial charge on any atom is -0.497 e. The van der Waals surface area contributed by atoms with Gasteiger partial charge in [0.1, 0.15) is 11.5 Å². The number of alkyl halides is 3. The molecular formula is C23H23F3N4O3. The first-order valence-electron chi connectivity index (χ1n) is 10.4. The Hall–Kier alpha value is -3.69. The zero-order valence-corrected chi connectivity index (χ0v) is 17.9. The van der Waals surface area contributed by atoms with Crippen LogP contribution < -0.4 is 19.7 Å². The largest absolute Gasteiger partial charge is 0.573 e. The summed E-state index contributed by atoms with van der Waals surface area (Å²) in [5, 5.41) is 10.4. The number of H-pyrrole nitrogens is 1. The Labute approximate surface area is 188 Å². The van der Waals surface area contributed by atoms with E-state index in [0.29, 0.717) is 6.54 Å². The number of rotatable bonds is 6. The molecule has 1 aliphatic rings. The highest BCUT2D eigenvalue weighted by Gasteiger charge is 2.31. The fourth-order valence-corrected chi connectivity index (χ4v) is 3.80. The van der Waals surface area contributed by atoms with Crippen molar-refractivity contribution in [3.63, 3.8) is 0 Å². The molecule has 1 aromatic heterocycles. The van der Waals surface area contributed by atoms with Crippen LogP contribution in [0.1, 0.15) is 23.2 Å². The van der Waals surface area contributed by atoms with Gasteiger partial charge in [0.15, 0.2) is 5.82 Å². The standard InChI is InChI=1S/C23H23F3N4O3/c1-32-18-9-7-15(8-10-18)20-13-21(29-28-20)30-11-3-5-17(14-30)27-22(31)16-4-2-6-19(12-16)33-23(24,25)26/h2,4,6-10,12-13,17H,3,5,11,14H2,1H3,(H,27,31)(H,28,29)/t17-/m1/s1. The topological polar surface area (TPSA) is 79.5 Å². The van der Waals surface area contributed by atoms with Crippen molar-refractivity contribution >= 4 is 11.7 Å². The fraction of sp³-hybridized carbons (Fsp3) is 0.304. The quantitative estimate of drug-likeness (QED) is 0.571. The number of aromatic nitrogens is 2. The third-order valence-corrected chi connectivity index (χ3v) is 5.38. The predicted octanol–water partition coefficient (Wildman–Crippen LogP) is 4.38. The molecule has 2 heterocycles. The average Bonchev–Trinajstić information content (AvgIpc) is 3.29. The molecule has 0 bridgehead atoms. The SMILES string of the molecule is COc1ccc(-c2cc(N3CCC[C@@H](NC(=O)c4cccc(OC(F)(F)F)c4)C3)n[nH]2)cc1. The summed E-state index contributed by atoms with van der Waals surface area (Å²) < 4.78 is 46.4. The van der Waals surface area contributed by atoms with E-state index in [-0.39, 0.29) is 11.6 Å². The van der Waals surface area contributed by atoms with E-state index in [0.717, 1.165) is 54.3 Å². The molecule has 1 aliphatic heterocycles. The van der Waals surface area contributed by atoms with E-state index in [9.17, 15) is 18.0 Å². The number of hydrogen-bond acceptors (Lipinski definition) is 5. The van der Waals surface area contributed by atoms with Gasteiger partial charge < -0.3 is 19.7 Å². The lowest BCUT2D eigenvalue weighted by molar-refractivity contribution is -0.274. The number of amides is 1. The van der Waals surface area contributed by atoms with Crippen molar-refractivity contribution in [3.8, 4) is 22.8 Å². The molecule has 7 nitrogen and oxygen atoms in total. The molecule has 33 heavy (non-hydrogen) atoms. The molecule has 0 aliphatic carbocycles. The van der Waals surface area contributed by atoms with Gasteiger partial charge in [-0.1, -0.05) is 6.07 Å². The molecule has 174 valence electrons. The molecule has 3 aromatic rings. The van der Waals surface area contributed by atoms with Gasteiger partial charge in [0, 0.05) is 30.8 Å². The Bertz CT molecular complexity index is 1100. The number of carbonyl (C=O) groups excluding carboxylic acids is 1. The number of carbonyl (C=O) groups is 1. The van der Waals surface area contributed by atoms with E-state index in [2.05, 4.69) is 25.2 Å². The first-order valence-corrected chi connectivity index (χ1v) is 10.4. The van der Waals surface area contributed by atoms with Gasteiger partial charge in [-0.3, -0.25) is 9.89 Å². The molecule has 1 fully saturated rings. The van der Waals surface area contributed by atoms with Gasteiger partial charge in [-0.15, -0.1) is 13.2 Å². The highest BCUT2D eigenvalue weighted by molar-refractivity contribution is 5.94. The number of halogens is 3. The van der Waals surface area contributed by atoms with Crippen molar-refractivity contribution < 1.29 is 27.4 Å². The Kier molecular flexibility index (Phi) is 6.43. The third-order valence-electron chi connectivity index (χ3n) is 5.38. The first kappa shape index (κ1) is 22.5. The fourth-order valence-electron chi connectivity index (χ4n) is 3.80. The van der Waals surface area contributed by atoms with Crippen LogP contribution in [0.4, 0.5) is 19.0 Å². The molecular weight excluding hydrogens is 437 g/mol. The summed E-state index contributed by atoms with van der Waals surface area (Å²) in [7, 11) is 1.61. The molecule has 1 amide bonds. The Balaban J connectivity index is 1.39. The highest BCUT2D eigenvalue weighted by Crippen LogP contribution is 2.26. The zero-order chi connectivity index (χ0) is 23.4. The minimum absolute atomic E-state index is 0.107. The van der Waals surface area contributed by atoms with Crippen LogP contribution in [0, 0.1) is 0 Å². The van der Waals surface area contributed by atoms with E-state index in [1.807, 2.05) is 30.3 Å². The summed E-state index contributed by atoms with van der Waals surface area (Å²) in [5.41, 5.74) is 1.94. The molecule has 0 unspecified atom stereocenters. The van der Waals surface area contributed by atoms with Crippen LogP contribution in [0.3, 0.4) is 0 Å². The molecule has 2 N–H and O–H groups in total. The molecule has 2 aromatic carbocycles. The smallest absolute Gasteiger partial charge is 0.497 e. The van der Waals surface area contributed by atoms with E-state index in [1.54, 1.807) is 7.11 Å². The van der Waals surface area contributed by atoms with Crippen LogP contribution in [0.15, 0.2) is 54.6 Å². The monoisotopic (exact) mass is 460 g/mol. The summed E-state index contributed by atoms with van der Waals surface area (Å²) >= 11 is 0. The highest BCUT2D eigenvalue weighted by atomic mass is 19.4. The van der Waals surface area contributed by atoms with Crippen molar-refractivity contribution in [2.24, 2.45) is 0 Å². The Morgan fingerprint density at radius 1 is 1.15 bits per heavy atom. The lowest BCUT2D eigenvalue weighted by Crippen LogP contribution is -2.48. The number of nitrogens with one attached hydrogen (secondary N) is 2. The molecule has 4 rings (SSSR count). The second kappa shape index (κ2) is 9.43.